The van der Waals surface area contributed by atoms with Gasteiger partial charge in [0.15, 0.2) is 0 Å². The van der Waals surface area contributed by atoms with E-state index in [1.807, 2.05) is 54.6 Å². The topological polar surface area (TPSA) is 147 Å². The zero-order valence-corrected chi connectivity index (χ0v) is 19.3. The predicted molar refractivity (Wildman–Crippen MR) is 124 cm³/mol. The molecule has 2 heterocycles. The first-order chi connectivity index (χ1) is 17.0. The number of hydrogen-bond acceptors (Lipinski definition) is 9. The number of rotatable bonds is 10. The number of aromatic amines is 1. The highest BCUT2D eigenvalue weighted by molar-refractivity contribution is 5.42. The molecule has 1 saturated heterocycles. The molecule has 1 aliphatic heterocycles. The van der Waals surface area contributed by atoms with E-state index in [1.54, 1.807) is 7.11 Å². The van der Waals surface area contributed by atoms with Gasteiger partial charge in [-0.2, -0.15) is 0 Å². The van der Waals surface area contributed by atoms with Crippen LogP contribution in [0.5, 0.6) is 11.6 Å². The van der Waals surface area contributed by atoms with Crippen LogP contribution in [0.1, 0.15) is 22.4 Å². The number of H-pyrrole nitrogens is 1. The van der Waals surface area contributed by atoms with Crippen molar-refractivity contribution in [2.45, 2.75) is 50.3 Å². The highest BCUT2D eigenvalue weighted by Crippen LogP contribution is 2.31. The van der Waals surface area contributed by atoms with E-state index in [1.165, 1.54) is 0 Å². The van der Waals surface area contributed by atoms with Crippen molar-refractivity contribution in [3.8, 4) is 11.6 Å². The zero-order valence-electron chi connectivity index (χ0n) is 19.3. The van der Waals surface area contributed by atoms with Crippen LogP contribution in [0.2, 0.25) is 0 Å². The third kappa shape index (κ3) is 5.81. The Morgan fingerprint density at radius 1 is 0.943 bits per heavy atom. The molecule has 1 aromatic heterocycles. The molecule has 2 aromatic carbocycles. The van der Waals surface area contributed by atoms with Crippen LogP contribution in [0.15, 0.2) is 54.6 Å². The van der Waals surface area contributed by atoms with Gasteiger partial charge in [0.2, 0.25) is 12.2 Å². The van der Waals surface area contributed by atoms with E-state index < -0.39 is 37.3 Å². The fourth-order valence-corrected chi connectivity index (χ4v) is 3.92. The third-order valence-corrected chi connectivity index (χ3v) is 5.86. The molecule has 0 bridgehead atoms. The molecule has 10 heteroatoms. The first kappa shape index (κ1) is 25.1. The summed E-state index contributed by atoms with van der Waals surface area (Å²) >= 11 is 0. The first-order valence-corrected chi connectivity index (χ1v) is 11.3. The maximum Gasteiger partial charge on any atom is 0.238 e. The van der Waals surface area contributed by atoms with Gasteiger partial charge in [0, 0.05) is 19.1 Å². The second-order valence-corrected chi connectivity index (χ2v) is 8.29. The monoisotopic (exact) mass is 486 g/mol. The summed E-state index contributed by atoms with van der Waals surface area (Å²) in [6, 6.07) is 17.4. The largest absolute Gasteiger partial charge is 0.489 e. The standard InChI is InChI=1S/C25H30N2O8/c1-32-14-18-17(11-16-9-5-6-10-19(16)33-13-15-7-3-2-4-8-15)24(27-26-18)35-25-23(31)22(30)21(29)20(12-28)34-25/h2-10,20-23,25,28-31H,11-14H2,1H3,(H,26,27)/t20-,21-,22+,23-,25+/m1/s1. The van der Waals surface area contributed by atoms with Crippen LogP contribution >= 0.6 is 0 Å². The summed E-state index contributed by atoms with van der Waals surface area (Å²) in [4.78, 5) is 0. The number of nitrogens with zero attached hydrogens (tertiary/aromatic N) is 1. The maximum atomic E-state index is 10.4. The molecular formula is C25H30N2O8. The summed E-state index contributed by atoms with van der Waals surface area (Å²) in [6.07, 6.45) is -6.67. The first-order valence-electron chi connectivity index (χ1n) is 11.3. The van der Waals surface area contributed by atoms with Crippen LogP contribution in [0, 0.1) is 0 Å². The Morgan fingerprint density at radius 2 is 1.69 bits per heavy atom. The molecule has 1 aliphatic rings. The Balaban J connectivity index is 1.56. The molecule has 1 fully saturated rings. The predicted octanol–water partition coefficient (Wildman–Crippen LogP) is 0.905. The van der Waals surface area contributed by atoms with Gasteiger partial charge < -0.3 is 39.4 Å². The number of benzene rings is 2. The Labute approximate surface area is 202 Å². The zero-order chi connectivity index (χ0) is 24.8. The van der Waals surface area contributed by atoms with Crippen LogP contribution in [-0.4, -0.2) is 75.0 Å². The number of aromatic nitrogens is 2. The quantitative estimate of drug-likeness (QED) is 0.282. The molecule has 0 spiro atoms. The van der Waals surface area contributed by atoms with Gasteiger partial charge in [-0.15, -0.1) is 5.10 Å². The van der Waals surface area contributed by atoms with Gasteiger partial charge in [0.1, 0.15) is 36.8 Å². The van der Waals surface area contributed by atoms with Crippen LogP contribution in [0.25, 0.3) is 0 Å². The van der Waals surface area contributed by atoms with Gasteiger partial charge in [0.25, 0.3) is 0 Å². The summed E-state index contributed by atoms with van der Waals surface area (Å²) in [7, 11) is 1.56. The van der Waals surface area contributed by atoms with E-state index in [-0.39, 0.29) is 12.5 Å². The second-order valence-electron chi connectivity index (χ2n) is 8.29. The van der Waals surface area contributed by atoms with Crippen LogP contribution in [0.4, 0.5) is 0 Å². The molecule has 10 nitrogen and oxygen atoms in total. The number of aliphatic hydroxyl groups is 4. The average molecular weight is 487 g/mol. The van der Waals surface area contributed by atoms with Crippen LogP contribution in [0.3, 0.4) is 0 Å². The lowest BCUT2D eigenvalue weighted by Gasteiger charge is -2.39. The summed E-state index contributed by atoms with van der Waals surface area (Å²) in [6.45, 7) is 0.0785. The van der Waals surface area contributed by atoms with Crippen molar-refractivity contribution in [1.82, 2.24) is 10.2 Å². The molecule has 4 rings (SSSR count). The van der Waals surface area contributed by atoms with Gasteiger partial charge in [-0.05, 0) is 17.2 Å². The molecule has 3 aromatic rings. The smallest absolute Gasteiger partial charge is 0.238 e. The molecule has 5 atom stereocenters. The van der Waals surface area contributed by atoms with Crippen molar-refractivity contribution in [3.63, 3.8) is 0 Å². The van der Waals surface area contributed by atoms with Crippen molar-refractivity contribution in [2.75, 3.05) is 13.7 Å². The van der Waals surface area contributed by atoms with E-state index in [0.29, 0.717) is 30.0 Å². The van der Waals surface area contributed by atoms with E-state index in [0.717, 1.165) is 11.1 Å². The van der Waals surface area contributed by atoms with Crippen LogP contribution < -0.4 is 9.47 Å². The molecular weight excluding hydrogens is 456 g/mol. The minimum absolute atomic E-state index is 0.138. The Bertz CT molecular complexity index is 1070. The van der Waals surface area contributed by atoms with Gasteiger partial charge >= 0.3 is 0 Å². The molecule has 0 radical (unpaired) electrons. The Morgan fingerprint density at radius 3 is 2.43 bits per heavy atom. The van der Waals surface area contributed by atoms with E-state index in [4.69, 9.17) is 18.9 Å². The lowest BCUT2D eigenvalue weighted by molar-refractivity contribution is -0.278. The van der Waals surface area contributed by atoms with Gasteiger partial charge in [-0.1, -0.05) is 48.5 Å². The van der Waals surface area contributed by atoms with Crippen molar-refractivity contribution in [2.24, 2.45) is 0 Å². The summed E-state index contributed by atoms with van der Waals surface area (Å²) < 4.78 is 22.7. The number of methoxy groups -OCH3 is 1. The van der Waals surface area contributed by atoms with Crippen molar-refractivity contribution < 1.29 is 39.4 Å². The Hall–Kier alpha value is -2.99. The minimum Gasteiger partial charge on any atom is -0.489 e. The molecule has 5 N–H and O–H groups in total. The average Bonchev–Trinajstić information content (AvgIpc) is 3.25. The van der Waals surface area contributed by atoms with Gasteiger partial charge in [0.05, 0.1) is 18.9 Å². The van der Waals surface area contributed by atoms with Gasteiger partial charge in [-0.3, -0.25) is 5.10 Å². The van der Waals surface area contributed by atoms with Crippen molar-refractivity contribution in [1.29, 1.82) is 0 Å². The third-order valence-electron chi connectivity index (χ3n) is 5.86. The molecule has 188 valence electrons. The summed E-state index contributed by atoms with van der Waals surface area (Å²) in [5, 5.41) is 47.0. The highest BCUT2D eigenvalue weighted by atomic mass is 16.7. The van der Waals surface area contributed by atoms with E-state index >= 15 is 0 Å². The molecule has 35 heavy (non-hydrogen) atoms. The van der Waals surface area contributed by atoms with E-state index in [9.17, 15) is 20.4 Å². The number of aliphatic hydroxyl groups excluding tert-OH is 4. The Kier molecular flexibility index (Phi) is 8.34. The lowest BCUT2D eigenvalue weighted by Crippen LogP contribution is -2.60. The number of hydrogen-bond donors (Lipinski definition) is 5. The SMILES string of the molecule is COCc1[nH]nc(O[C@@H]2O[C@H](CO)[C@@H](O)[C@H](O)[C@H]2O)c1Cc1ccccc1OCc1ccccc1. The maximum absolute atomic E-state index is 10.4. The number of para-hydroxylation sites is 1. The minimum atomic E-state index is -1.56. The molecule has 0 amide bonds. The number of ether oxygens (including phenoxy) is 4. The normalized spacial score (nSPS) is 24.3. The lowest BCUT2D eigenvalue weighted by atomic mass is 9.99. The summed E-state index contributed by atoms with van der Waals surface area (Å²) in [5.74, 6) is 0.832. The fourth-order valence-electron chi connectivity index (χ4n) is 3.92. The number of nitrogens with one attached hydrogen (secondary N) is 1. The fraction of sp³-hybridized carbons (Fsp3) is 0.400. The summed E-state index contributed by atoms with van der Waals surface area (Å²) in [5.41, 5.74) is 3.22. The van der Waals surface area contributed by atoms with Crippen molar-refractivity contribution in [3.05, 3.63) is 77.0 Å². The van der Waals surface area contributed by atoms with Gasteiger partial charge in [-0.25, -0.2) is 0 Å². The molecule has 0 saturated carbocycles. The van der Waals surface area contributed by atoms with Crippen LogP contribution in [-0.2, 0) is 29.1 Å². The van der Waals surface area contributed by atoms with E-state index in [2.05, 4.69) is 10.2 Å². The van der Waals surface area contributed by atoms with Crippen molar-refractivity contribution >= 4 is 0 Å². The highest BCUT2D eigenvalue weighted by Gasteiger charge is 2.45. The molecule has 0 aliphatic carbocycles. The molecule has 0 unspecified atom stereocenters. The second kappa shape index (κ2) is 11.6.